The van der Waals surface area contributed by atoms with Gasteiger partial charge in [-0.05, 0) is 35.4 Å². The number of aliphatic hydroxyl groups is 1. The molecule has 2 aromatic rings. The molecular formula is C15H13ClF2O3. The first kappa shape index (κ1) is 15.5. The van der Waals surface area contributed by atoms with E-state index in [4.69, 9.17) is 16.3 Å². The summed E-state index contributed by atoms with van der Waals surface area (Å²) in [6, 6.07) is 10.7. The van der Waals surface area contributed by atoms with Crippen molar-refractivity contribution in [2.75, 3.05) is 7.11 Å². The number of halogens is 3. The second kappa shape index (κ2) is 6.74. The third-order valence-electron chi connectivity index (χ3n) is 2.91. The van der Waals surface area contributed by atoms with Crippen molar-refractivity contribution in [2.45, 2.75) is 12.7 Å². The minimum absolute atomic E-state index is 0.0358. The Morgan fingerprint density at radius 3 is 2.19 bits per heavy atom. The summed E-state index contributed by atoms with van der Waals surface area (Å²) in [6.45, 7) is -2.87. The number of alkyl halides is 2. The normalized spacial score (nSPS) is 12.3. The second-order valence-corrected chi connectivity index (χ2v) is 4.65. The van der Waals surface area contributed by atoms with Crippen LogP contribution >= 0.6 is 11.6 Å². The maximum atomic E-state index is 12.1. The molecule has 0 aliphatic heterocycles. The van der Waals surface area contributed by atoms with E-state index in [9.17, 15) is 13.9 Å². The van der Waals surface area contributed by atoms with Gasteiger partial charge < -0.3 is 14.6 Å². The Labute approximate surface area is 125 Å². The molecule has 2 rings (SSSR count). The van der Waals surface area contributed by atoms with Crippen LogP contribution in [0.5, 0.6) is 11.5 Å². The minimum atomic E-state index is -2.87. The van der Waals surface area contributed by atoms with Crippen LogP contribution in [0.2, 0.25) is 5.02 Å². The Kier molecular flexibility index (Phi) is 4.98. The molecule has 0 bridgehead atoms. The molecule has 0 saturated carbocycles. The van der Waals surface area contributed by atoms with Crippen LogP contribution < -0.4 is 9.47 Å². The highest BCUT2D eigenvalue weighted by Gasteiger charge is 2.13. The molecule has 21 heavy (non-hydrogen) atoms. The smallest absolute Gasteiger partial charge is 0.387 e. The zero-order valence-electron chi connectivity index (χ0n) is 11.1. The van der Waals surface area contributed by atoms with Crippen LogP contribution in [0, 0.1) is 0 Å². The van der Waals surface area contributed by atoms with Crippen LogP contribution in [-0.4, -0.2) is 18.8 Å². The fourth-order valence-electron chi connectivity index (χ4n) is 1.88. The lowest BCUT2D eigenvalue weighted by Gasteiger charge is -2.14. The SMILES string of the molecule is COc1ccc(C(O)c2ccc(OC(F)F)cc2)cc1Cl. The fourth-order valence-corrected chi connectivity index (χ4v) is 2.14. The molecule has 6 heteroatoms. The van der Waals surface area contributed by atoms with Gasteiger partial charge in [-0.3, -0.25) is 0 Å². The maximum absolute atomic E-state index is 12.1. The molecule has 1 atom stereocenters. The zero-order chi connectivity index (χ0) is 15.4. The van der Waals surface area contributed by atoms with E-state index in [2.05, 4.69) is 4.74 Å². The molecule has 3 nitrogen and oxygen atoms in total. The molecule has 0 amide bonds. The van der Waals surface area contributed by atoms with Gasteiger partial charge in [-0.2, -0.15) is 8.78 Å². The quantitative estimate of drug-likeness (QED) is 0.905. The fraction of sp³-hybridized carbons (Fsp3) is 0.200. The molecule has 0 fully saturated rings. The van der Waals surface area contributed by atoms with Gasteiger partial charge in [0.05, 0.1) is 12.1 Å². The Morgan fingerprint density at radius 1 is 1.05 bits per heavy atom. The van der Waals surface area contributed by atoms with Crippen molar-refractivity contribution in [3.05, 3.63) is 58.6 Å². The van der Waals surface area contributed by atoms with Gasteiger partial charge in [0.25, 0.3) is 0 Å². The van der Waals surface area contributed by atoms with Gasteiger partial charge in [-0.15, -0.1) is 0 Å². The molecule has 0 spiro atoms. The largest absolute Gasteiger partial charge is 0.495 e. The van der Waals surface area contributed by atoms with Gasteiger partial charge >= 0.3 is 6.61 Å². The highest BCUT2D eigenvalue weighted by molar-refractivity contribution is 6.32. The lowest BCUT2D eigenvalue weighted by molar-refractivity contribution is -0.0498. The third-order valence-corrected chi connectivity index (χ3v) is 3.21. The van der Waals surface area contributed by atoms with E-state index in [-0.39, 0.29) is 5.75 Å². The van der Waals surface area contributed by atoms with E-state index in [1.807, 2.05) is 0 Å². The lowest BCUT2D eigenvalue weighted by atomic mass is 10.0. The van der Waals surface area contributed by atoms with E-state index < -0.39 is 12.7 Å². The van der Waals surface area contributed by atoms with Crippen molar-refractivity contribution >= 4 is 11.6 Å². The number of hydrogen-bond acceptors (Lipinski definition) is 3. The highest BCUT2D eigenvalue weighted by Crippen LogP contribution is 2.30. The summed E-state index contributed by atoms with van der Waals surface area (Å²) in [5.41, 5.74) is 1.11. The van der Waals surface area contributed by atoms with Crippen LogP contribution in [0.25, 0.3) is 0 Å². The predicted molar refractivity (Wildman–Crippen MR) is 75.1 cm³/mol. The zero-order valence-corrected chi connectivity index (χ0v) is 11.8. The first-order valence-electron chi connectivity index (χ1n) is 6.07. The van der Waals surface area contributed by atoms with Crippen LogP contribution in [0.4, 0.5) is 8.78 Å². The molecular weight excluding hydrogens is 302 g/mol. The van der Waals surface area contributed by atoms with Crippen LogP contribution in [0.1, 0.15) is 17.2 Å². The van der Waals surface area contributed by atoms with Crippen LogP contribution in [0.3, 0.4) is 0 Å². The van der Waals surface area contributed by atoms with E-state index >= 15 is 0 Å². The molecule has 0 aliphatic carbocycles. The number of rotatable bonds is 5. The molecule has 0 heterocycles. The van der Waals surface area contributed by atoms with Crippen molar-refractivity contribution in [2.24, 2.45) is 0 Å². The van der Waals surface area contributed by atoms with Crippen molar-refractivity contribution in [1.82, 2.24) is 0 Å². The summed E-state index contributed by atoms with van der Waals surface area (Å²) in [7, 11) is 1.50. The number of aliphatic hydroxyl groups excluding tert-OH is 1. The van der Waals surface area contributed by atoms with Crippen molar-refractivity contribution in [1.29, 1.82) is 0 Å². The first-order valence-corrected chi connectivity index (χ1v) is 6.45. The van der Waals surface area contributed by atoms with E-state index in [1.165, 1.54) is 31.4 Å². The molecule has 112 valence electrons. The van der Waals surface area contributed by atoms with Gasteiger partial charge in [0, 0.05) is 0 Å². The highest BCUT2D eigenvalue weighted by atomic mass is 35.5. The van der Waals surface area contributed by atoms with Gasteiger partial charge in [-0.1, -0.05) is 29.8 Å². The average Bonchev–Trinajstić information content (AvgIpc) is 2.46. The average molecular weight is 315 g/mol. The molecule has 1 unspecified atom stereocenters. The summed E-state index contributed by atoms with van der Waals surface area (Å²) in [5, 5.41) is 10.6. The maximum Gasteiger partial charge on any atom is 0.387 e. The number of hydrogen-bond donors (Lipinski definition) is 1. The molecule has 0 saturated heterocycles. The Hall–Kier alpha value is -1.85. The molecule has 0 radical (unpaired) electrons. The van der Waals surface area contributed by atoms with Gasteiger partial charge in [-0.25, -0.2) is 0 Å². The standard InChI is InChI=1S/C15H13ClF2O3/c1-20-13-7-4-10(8-12(13)16)14(19)9-2-5-11(6-3-9)21-15(17)18/h2-8,14-15,19H,1H3. The van der Waals surface area contributed by atoms with E-state index in [0.717, 1.165) is 0 Å². The first-order chi connectivity index (χ1) is 10.0. The summed E-state index contributed by atoms with van der Waals surface area (Å²) >= 11 is 6.00. The minimum Gasteiger partial charge on any atom is -0.495 e. The summed E-state index contributed by atoms with van der Waals surface area (Å²) in [6.07, 6.45) is -0.922. The summed E-state index contributed by atoms with van der Waals surface area (Å²) < 4.78 is 33.4. The van der Waals surface area contributed by atoms with Crippen molar-refractivity contribution in [3.63, 3.8) is 0 Å². The van der Waals surface area contributed by atoms with Crippen LogP contribution in [0.15, 0.2) is 42.5 Å². The summed E-state index contributed by atoms with van der Waals surface area (Å²) in [5.74, 6) is 0.544. The number of ether oxygens (including phenoxy) is 2. The molecule has 0 aromatic heterocycles. The number of methoxy groups -OCH3 is 1. The van der Waals surface area contributed by atoms with Crippen molar-refractivity contribution in [3.8, 4) is 11.5 Å². The van der Waals surface area contributed by atoms with Gasteiger partial charge in [0.1, 0.15) is 17.6 Å². The van der Waals surface area contributed by atoms with Gasteiger partial charge in [0.15, 0.2) is 0 Å². The second-order valence-electron chi connectivity index (χ2n) is 4.24. The van der Waals surface area contributed by atoms with E-state index in [0.29, 0.717) is 21.9 Å². The van der Waals surface area contributed by atoms with Gasteiger partial charge in [0.2, 0.25) is 0 Å². The van der Waals surface area contributed by atoms with E-state index in [1.54, 1.807) is 18.2 Å². The Morgan fingerprint density at radius 2 is 1.67 bits per heavy atom. The van der Waals surface area contributed by atoms with Crippen LogP contribution in [-0.2, 0) is 0 Å². The third kappa shape index (κ3) is 3.83. The molecule has 1 N–H and O–H groups in total. The van der Waals surface area contributed by atoms with Crippen molar-refractivity contribution < 1.29 is 23.4 Å². The number of benzene rings is 2. The monoisotopic (exact) mass is 314 g/mol. The lowest BCUT2D eigenvalue weighted by Crippen LogP contribution is -2.03. The molecule has 0 aliphatic rings. The predicted octanol–water partition coefficient (Wildman–Crippen LogP) is 4.03. The topological polar surface area (TPSA) is 38.7 Å². The Balaban J connectivity index is 2.19. The Bertz CT molecular complexity index is 602. The molecule has 2 aromatic carbocycles. The summed E-state index contributed by atoms with van der Waals surface area (Å²) in [4.78, 5) is 0.